The van der Waals surface area contributed by atoms with Crippen LogP contribution < -0.4 is 0 Å². The van der Waals surface area contributed by atoms with Gasteiger partial charge in [0.05, 0.1) is 0 Å². The molecule has 2 N–H and O–H groups in total. The molecule has 0 aliphatic carbocycles. The molecule has 0 heterocycles. The van der Waals surface area contributed by atoms with Crippen LogP contribution in [0, 0.1) is 0 Å². The van der Waals surface area contributed by atoms with Crippen LogP contribution >= 0.6 is 0 Å². The predicted molar refractivity (Wildman–Crippen MR) is 85.4 cm³/mol. The van der Waals surface area contributed by atoms with Crippen LogP contribution in [0.4, 0.5) is 0 Å². The van der Waals surface area contributed by atoms with Crippen LogP contribution in [0.1, 0.15) is 69.2 Å². The third-order valence-electron chi connectivity index (χ3n) is 0. The molecular formula is C15H32O6. The van der Waals surface area contributed by atoms with Gasteiger partial charge in [-0.25, -0.2) is 0 Å². The van der Waals surface area contributed by atoms with Crippen molar-refractivity contribution in [2.24, 2.45) is 0 Å². The number of ketones is 5. The lowest BCUT2D eigenvalue weighted by Crippen LogP contribution is -1.69. The highest BCUT2D eigenvalue weighted by Gasteiger charge is 1.63. The van der Waals surface area contributed by atoms with Crippen molar-refractivity contribution < 1.29 is 29.4 Å². The summed E-state index contributed by atoms with van der Waals surface area (Å²) in [5.74, 6) is 0.833. The molecule has 0 unspecified atom stereocenters. The molecule has 6 nitrogen and oxygen atoms in total. The average Bonchev–Trinajstić information content (AvgIpc) is 1.94. The molecule has 0 aliphatic rings. The summed E-state index contributed by atoms with van der Waals surface area (Å²) in [6.45, 7) is 15.3. The van der Waals surface area contributed by atoms with Crippen molar-refractivity contribution in [3.8, 4) is 0 Å². The van der Waals surface area contributed by atoms with Crippen LogP contribution in [-0.4, -0.2) is 34.4 Å². The Bertz CT molecular complexity index is 203. The van der Waals surface area contributed by atoms with Gasteiger partial charge in [0.15, 0.2) is 0 Å². The maximum absolute atomic E-state index is 9.44. The van der Waals surface area contributed by atoms with Crippen molar-refractivity contribution in [2.45, 2.75) is 69.2 Å². The first-order valence-corrected chi connectivity index (χ1v) is 6.02. The molecule has 0 aromatic rings. The minimum atomic E-state index is 0. The van der Waals surface area contributed by atoms with E-state index in [0.29, 0.717) is 0 Å². The van der Waals surface area contributed by atoms with Crippen LogP contribution in [0.15, 0.2) is 0 Å². The second kappa shape index (κ2) is 31.0. The van der Waals surface area contributed by atoms with Crippen LogP contribution in [-0.2, 0) is 24.0 Å². The Morgan fingerprint density at radius 3 is 0.333 bits per heavy atom. The number of carbonyl (C=O) groups excluding carboxylic acids is 5. The fraction of sp³-hybridized carbons (Fsp3) is 0.667. The van der Waals surface area contributed by atoms with E-state index < -0.39 is 0 Å². The molecule has 6 heteroatoms. The third kappa shape index (κ3) is 1710. The quantitative estimate of drug-likeness (QED) is 0.679. The van der Waals surface area contributed by atoms with Crippen molar-refractivity contribution >= 4 is 28.9 Å². The molecule has 0 bridgehead atoms. The summed E-state index contributed by atoms with van der Waals surface area (Å²) in [5.41, 5.74) is 0. The van der Waals surface area contributed by atoms with Gasteiger partial charge in [-0.15, -0.1) is 0 Å². The maximum Gasteiger partial charge on any atom is 0.126 e. The zero-order chi connectivity index (χ0) is 17.9. The largest absolute Gasteiger partial charge is 0.412 e. The minimum Gasteiger partial charge on any atom is -0.412 e. The molecule has 0 saturated heterocycles. The van der Waals surface area contributed by atoms with Crippen molar-refractivity contribution in [1.29, 1.82) is 0 Å². The maximum atomic E-state index is 9.44. The van der Waals surface area contributed by atoms with E-state index in [0.717, 1.165) is 0 Å². The summed E-state index contributed by atoms with van der Waals surface area (Å²) in [6.07, 6.45) is 0. The normalized spacial score (nSPS) is 6.19. The van der Waals surface area contributed by atoms with E-state index in [4.69, 9.17) is 0 Å². The Hall–Kier alpha value is -1.69. The first kappa shape index (κ1) is 36.5. The molecule has 128 valence electrons. The van der Waals surface area contributed by atoms with Crippen molar-refractivity contribution in [3.05, 3.63) is 0 Å². The van der Waals surface area contributed by atoms with E-state index in [1.54, 1.807) is 0 Å². The molecule has 0 aromatic heterocycles. The topological polar surface area (TPSA) is 117 Å². The number of hydrogen-bond acceptors (Lipinski definition) is 5. The molecule has 0 saturated carbocycles. The fourth-order valence-electron chi connectivity index (χ4n) is 0. The summed E-state index contributed by atoms with van der Waals surface area (Å²) in [7, 11) is 0. The number of carbonyl (C=O) groups is 5. The van der Waals surface area contributed by atoms with Gasteiger partial charge in [-0.05, 0) is 69.2 Å². The standard InChI is InChI=1S/5C3H6O.H2O/c5*1-3(2)4;/h5*1-2H3;1H2. The van der Waals surface area contributed by atoms with Crippen molar-refractivity contribution in [1.82, 2.24) is 0 Å². The average molecular weight is 308 g/mol. The Balaban J connectivity index is -0.0000000331. The van der Waals surface area contributed by atoms with Crippen LogP contribution in [0.25, 0.3) is 0 Å². The number of rotatable bonds is 0. The van der Waals surface area contributed by atoms with Gasteiger partial charge in [-0.2, -0.15) is 0 Å². The highest BCUT2D eigenvalue weighted by Crippen LogP contribution is 1.52. The number of hydrogen-bond donors (Lipinski definition) is 0. The van der Waals surface area contributed by atoms with Crippen LogP contribution in [0.2, 0.25) is 0 Å². The third-order valence-corrected chi connectivity index (χ3v) is 0. The highest BCUT2D eigenvalue weighted by atomic mass is 16.1. The van der Waals surface area contributed by atoms with Gasteiger partial charge in [-0.3, -0.25) is 0 Å². The first-order valence-electron chi connectivity index (χ1n) is 6.02. The lowest BCUT2D eigenvalue weighted by atomic mass is 10.6. The second-order valence-electron chi connectivity index (χ2n) is 4.54. The fourth-order valence-corrected chi connectivity index (χ4v) is 0. The van der Waals surface area contributed by atoms with Gasteiger partial charge in [0.2, 0.25) is 0 Å². The van der Waals surface area contributed by atoms with Gasteiger partial charge in [0, 0.05) is 0 Å². The van der Waals surface area contributed by atoms with E-state index in [-0.39, 0.29) is 34.4 Å². The summed E-state index contributed by atoms with van der Waals surface area (Å²) >= 11 is 0. The lowest BCUT2D eigenvalue weighted by molar-refractivity contribution is -0.115. The molecule has 0 spiro atoms. The van der Waals surface area contributed by atoms with Gasteiger partial charge in [-0.1, -0.05) is 0 Å². The molecule has 0 rings (SSSR count). The summed E-state index contributed by atoms with van der Waals surface area (Å²) in [6, 6.07) is 0. The number of Topliss-reactive ketones (excluding diaryl/α,β-unsaturated/α-hetero) is 5. The smallest absolute Gasteiger partial charge is 0.126 e. The Kier molecular flexibility index (Phi) is 53.9. The SMILES string of the molecule is CC(C)=O.CC(C)=O.CC(C)=O.CC(C)=O.CC(C)=O.O. The molecular weight excluding hydrogens is 276 g/mol. The Morgan fingerprint density at radius 2 is 0.333 bits per heavy atom. The molecule has 0 aromatic carbocycles. The molecule has 0 fully saturated rings. The highest BCUT2D eigenvalue weighted by molar-refractivity contribution is 5.73. The zero-order valence-corrected chi connectivity index (χ0v) is 15.0. The second-order valence-corrected chi connectivity index (χ2v) is 4.54. The molecule has 0 radical (unpaired) electrons. The molecule has 21 heavy (non-hydrogen) atoms. The summed E-state index contributed by atoms with van der Waals surface area (Å²) in [5, 5.41) is 0. The minimum absolute atomic E-state index is 0. The monoisotopic (exact) mass is 308 g/mol. The lowest BCUT2D eigenvalue weighted by Gasteiger charge is -1.56. The van der Waals surface area contributed by atoms with Crippen molar-refractivity contribution in [2.75, 3.05) is 0 Å². The van der Waals surface area contributed by atoms with E-state index in [1.165, 1.54) is 69.2 Å². The van der Waals surface area contributed by atoms with E-state index in [1.807, 2.05) is 0 Å². The Morgan fingerprint density at radius 1 is 0.333 bits per heavy atom. The summed E-state index contributed by atoms with van der Waals surface area (Å²) < 4.78 is 0. The van der Waals surface area contributed by atoms with E-state index in [9.17, 15) is 24.0 Å². The van der Waals surface area contributed by atoms with Gasteiger partial charge in [0.1, 0.15) is 28.9 Å². The molecule has 0 aliphatic heterocycles. The van der Waals surface area contributed by atoms with Gasteiger partial charge in [0.25, 0.3) is 0 Å². The summed E-state index contributed by atoms with van der Waals surface area (Å²) in [4.78, 5) is 47.2. The van der Waals surface area contributed by atoms with Crippen LogP contribution in [0.3, 0.4) is 0 Å². The van der Waals surface area contributed by atoms with E-state index in [2.05, 4.69) is 0 Å². The van der Waals surface area contributed by atoms with Crippen molar-refractivity contribution in [3.63, 3.8) is 0 Å². The van der Waals surface area contributed by atoms with Crippen LogP contribution in [0.5, 0.6) is 0 Å². The van der Waals surface area contributed by atoms with Gasteiger partial charge >= 0.3 is 0 Å². The molecule has 0 atom stereocenters. The molecule has 0 amide bonds. The van der Waals surface area contributed by atoms with E-state index >= 15 is 0 Å². The first-order chi connectivity index (χ1) is 8.66. The zero-order valence-electron chi connectivity index (χ0n) is 15.0. The Labute approximate surface area is 128 Å². The van der Waals surface area contributed by atoms with Gasteiger partial charge < -0.3 is 29.4 Å². The predicted octanol–water partition coefficient (Wildman–Crippen LogP) is 2.15.